The second-order valence-corrected chi connectivity index (χ2v) is 7.25. The average molecular weight is 377 g/mol. The Morgan fingerprint density at radius 3 is 2.69 bits per heavy atom. The molecule has 1 saturated heterocycles. The zero-order valence-electron chi connectivity index (χ0n) is 14.2. The van der Waals surface area contributed by atoms with E-state index in [9.17, 15) is 8.78 Å². The van der Waals surface area contributed by atoms with E-state index in [2.05, 4.69) is 16.4 Å². The number of para-hydroxylation sites is 1. The first-order valence-electron chi connectivity index (χ1n) is 8.69. The van der Waals surface area contributed by atoms with Crippen molar-refractivity contribution in [1.29, 1.82) is 0 Å². The van der Waals surface area contributed by atoms with E-state index >= 15 is 0 Å². The van der Waals surface area contributed by atoms with Crippen LogP contribution < -0.4 is 5.32 Å². The van der Waals surface area contributed by atoms with Crippen LogP contribution in [0.5, 0.6) is 0 Å². The number of aliphatic imine (C=N–C) groups is 1. The lowest BCUT2D eigenvalue weighted by Crippen LogP contribution is -2.45. The average Bonchev–Trinajstić information content (AvgIpc) is 2.66. The van der Waals surface area contributed by atoms with Gasteiger partial charge in [0.25, 0.3) is 0 Å². The van der Waals surface area contributed by atoms with E-state index < -0.39 is 11.6 Å². The normalized spacial score (nSPS) is 20.0. The maximum absolute atomic E-state index is 14.2. The zero-order valence-corrected chi connectivity index (χ0v) is 15.0. The number of amidine groups is 1. The highest BCUT2D eigenvalue weighted by atomic mass is 35.5. The number of hydrogen-bond donors (Lipinski definition) is 1. The molecular weight excluding hydrogens is 358 g/mol. The van der Waals surface area contributed by atoms with Crippen LogP contribution in [0.1, 0.15) is 24.0 Å². The van der Waals surface area contributed by atoms with Crippen LogP contribution in [-0.4, -0.2) is 19.0 Å². The van der Waals surface area contributed by atoms with Crippen LogP contribution in [0.4, 0.5) is 14.5 Å². The van der Waals surface area contributed by atoms with Gasteiger partial charge >= 0.3 is 0 Å². The Hall–Kier alpha value is -1.98. The molecule has 1 N–H and O–H groups in total. The van der Waals surface area contributed by atoms with Gasteiger partial charge in [-0.15, -0.1) is 0 Å². The van der Waals surface area contributed by atoms with E-state index in [0.29, 0.717) is 13.2 Å². The second-order valence-electron chi connectivity index (χ2n) is 6.84. The first-order chi connectivity index (χ1) is 12.6. The predicted octanol–water partition coefficient (Wildman–Crippen LogP) is 4.98. The number of halogens is 3. The molecule has 2 aromatic carbocycles. The third kappa shape index (κ3) is 3.10. The maximum atomic E-state index is 14.2. The van der Waals surface area contributed by atoms with E-state index in [-0.39, 0.29) is 22.5 Å². The van der Waals surface area contributed by atoms with Gasteiger partial charge < -0.3 is 10.1 Å². The Morgan fingerprint density at radius 1 is 1.12 bits per heavy atom. The van der Waals surface area contributed by atoms with Gasteiger partial charge in [0.15, 0.2) is 0 Å². The molecule has 0 bridgehead atoms. The number of nitrogens with zero attached hydrogens (tertiary/aromatic N) is 1. The second kappa shape index (κ2) is 6.97. The summed E-state index contributed by atoms with van der Waals surface area (Å²) in [5.41, 5.74) is 1.94. The van der Waals surface area contributed by atoms with Crippen LogP contribution in [0.25, 0.3) is 0 Å². The van der Waals surface area contributed by atoms with Gasteiger partial charge in [0, 0.05) is 29.9 Å². The summed E-state index contributed by atoms with van der Waals surface area (Å²) in [6.07, 6.45) is 2.50. The Balaban J connectivity index is 1.71. The minimum absolute atomic E-state index is 0.0919. The van der Waals surface area contributed by atoms with Crippen LogP contribution in [0, 0.1) is 17.0 Å². The highest BCUT2D eigenvalue weighted by molar-refractivity contribution is 6.30. The van der Waals surface area contributed by atoms with Crippen LogP contribution in [0.3, 0.4) is 0 Å². The highest BCUT2D eigenvalue weighted by Crippen LogP contribution is 2.41. The van der Waals surface area contributed by atoms with Gasteiger partial charge in [-0.25, -0.2) is 8.78 Å². The van der Waals surface area contributed by atoms with E-state index in [4.69, 9.17) is 16.3 Å². The molecule has 26 heavy (non-hydrogen) atoms. The van der Waals surface area contributed by atoms with Gasteiger partial charge in [-0.1, -0.05) is 29.8 Å². The van der Waals surface area contributed by atoms with Gasteiger partial charge in [0.05, 0.1) is 11.6 Å². The van der Waals surface area contributed by atoms with Crippen molar-refractivity contribution < 1.29 is 13.5 Å². The summed E-state index contributed by atoms with van der Waals surface area (Å²) in [4.78, 5) is 4.60. The molecule has 2 aromatic rings. The molecule has 1 spiro atoms. The number of benzene rings is 2. The molecule has 0 amide bonds. The number of hydrogen-bond acceptors (Lipinski definition) is 2. The predicted molar refractivity (Wildman–Crippen MR) is 98.8 cm³/mol. The van der Waals surface area contributed by atoms with Gasteiger partial charge in [-0.2, -0.15) is 0 Å². The fraction of sp³-hybridized carbons (Fsp3) is 0.350. The van der Waals surface area contributed by atoms with Crippen molar-refractivity contribution >= 4 is 23.1 Å². The topological polar surface area (TPSA) is 33.6 Å². The third-order valence-electron chi connectivity index (χ3n) is 5.29. The van der Waals surface area contributed by atoms with Crippen molar-refractivity contribution in [3.63, 3.8) is 0 Å². The fourth-order valence-electron chi connectivity index (χ4n) is 3.76. The summed E-state index contributed by atoms with van der Waals surface area (Å²) in [6.45, 7) is 1.22. The van der Waals surface area contributed by atoms with E-state index in [1.807, 2.05) is 18.2 Å². The third-order valence-corrected chi connectivity index (χ3v) is 5.58. The molecule has 4 rings (SSSR count). The fourth-order valence-corrected chi connectivity index (χ4v) is 3.94. The van der Waals surface area contributed by atoms with Crippen molar-refractivity contribution in [2.45, 2.75) is 25.8 Å². The van der Waals surface area contributed by atoms with E-state index in [1.165, 1.54) is 17.7 Å². The van der Waals surface area contributed by atoms with Crippen molar-refractivity contribution in [3.8, 4) is 0 Å². The van der Waals surface area contributed by atoms with Gasteiger partial charge in [-0.05, 0) is 43.0 Å². The molecule has 2 heterocycles. The molecule has 1 fully saturated rings. The molecular formula is C20H19ClF2N2O. The molecule has 0 aliphatic carbocycles. The number of anilines is 1. The van der Waals surface area contributed by atoms with Gasteiger partial charge in [0.2, 0.25) is 0 Å². The summed E-state index contributed by atoms with van der Waals surface area (Å²) in [5.74, 6) is -0.597. The summed E-state index contributed by atoms with van der Waals surface area (Å²) in [5, 5.41) is 3.30. The smallest absolute Gasteiger partial charge is 0.149 e. The van der Waals surface area contributed by atoms with E-state index in [0.717, 1.165) is 30.8 Å². The van der Waals surface area contributed by atoms with E-state index in [1.54, 1.807) is 0 Å². The zero-order chi connectivity index (χ0) is 18.1. The lowest BCUT2D eigenvalue weighted by atomic mass is 9.71. The molecule has 6 heteroatoms. The Kier molecular flexibility index (Phi) is 4.67. The molecule has 136 valence electrons. The number of ether oxygens (including phenoxy) is 1. The standard InChI is InChI=1S/C20H19ClF2N2O/c21-15-5-6-16(22)14(18(15)23)12-24-19-20(7-9-26-10-8-20)11-13-3-1-2-4-17(13)25-19/h1-6H,7-12H2,(H,24,25). The molecule has 0 unspecified atom stereocenters. The summed E-state index contributed by atoms with van der Waals surface area (Å²) >= 11 is 5.79. The first-order valence-corrected chi connectivity index (χ1v) is 9.07. The SMILES string of the molecule is Fc1ccc(Cl)c(F)c1CN=C1Nc2ccccc2CC12CCOCC2. The lowest BCUT2D eigenvalue weighted by Gasteiger charge is -2.42. The minimum atomic E-state index is -0.742. The molecule has 0 atom stereocenters. The van der Waals surface area contributed by atoms with Crippen molar-refractivity contribution in [1.82, 2.24) is 0 Å². The lowest BCUT2D eigenvalue weighted by molar-refractivity contribution is 0.0448. The number of rotatable bonds is 2. The van der Waals surface area contributed by atoms with Crippen LogP contribution in [-0.2, 0) is 17.7 Å². The van der Waals surface area contributed by atoms with Crippen LogP contribution in [0.15, 0.2) is 41.4 Å². The van der Waals surface area contributed by atoms with Crippen molar-refractivity contribution in [3.05, 3.63) is 64.2 Å². The molecule has 2 aliphatic heterocycles. The summed E-state index contributed by atoms with van der Waals surface area (Å²) in [6, 6.07) is 10.5. The highest BCUT2D eigenvalue weighted by Gasteiger charge is 2.41. The Morgan fingerprint density at radius 2 is 1.88 bits per heavy atom. The maximum Gasteiger partial charge on any atom is 0.149 e. The van der Waals surface area contributed by atoms with Crippen LogP contribution in [0.2, 0.25) is 5.02 Å². The van der Waals surface area contributed by atoms with Gasteiger partial charge in [-0.3, -0.25) is 4.99 Å². The first kappa shape index (κ1) is 17.4. The van der Waals surface area contributed by atoms with Crippen molar-refractivity contribution in [2.75, 3.05) is 18.5 Å². The quantitative estimate of drug-likeness (QED) is 0.750. The molecule has 0 radical (unpaired) electrons. The molecule has 0 aromatic heterocycles. The molecule has 2 aliphatic rings. The number of fused-ring (bicyclic) bond motifs is 1. The summed E-state index contributed by atoms with van der Waals surface area (Å²) < 4.78 is 33.8. The Bertz CT molecular complexity index is 863. The summed E-state index contributed by atoms with van der Waals surface area (Å²) in [7, 11) is 0. The monoisotopic (exact) mass is 376 g/mol. The largest absolute Gasteiger partial charge is 0.381 e. The molecule has 3 nitrogen and oxygen atoms in total. The van der Waals surface area contributed by atoms with Crippen LogP contribution >= 0.6 is 11.6 Å². The minimum Gasteiger partial charge on any atom is -0.381 e. The molecule has 0 saturated carbocycles. The van der Waals surface area contributed by atoms with Crippen molar-refractivity contribution in [2.24, 2.45) is 10.4 Å². The number of nitrogens with one attached hydrogen (secondary N) is 1. The Labute approximate surface area is 156 Å². The van der Waals surface area contributed by atoms with Gasteiger partial charge in [0.1, 0.15) is 17.5 Å².